The Morgan fingerprint density at radius 1 is 1.25 bits per heavy atom. The van der Waals surface area contributed by atoms with E-state index in [1.54, 1.807) is 0 Å². The van der Waals surface area contributed by atoms with Crippen LogP contribution in [0.2, 0.25) is 0 Å². The molecule has 1 aromatic carbocycles. The van der Waals surface area contributed by atoms with Crippen molar-refractivity contribution >= 4 is 11.5 Å². The minimum atomic E-state index is -0.307. The van der Waals surface area contributed by atoms with Gasteiger partial charge in [0.25, 0.3) is 0 Å². The van der Waals surface area contributed by atoms with Gasteiger partial charge in [0.05, 0.1) is 12.6 Å². The van der Waals surface area contributed by atoms with Gasteiger partial charge in [-0.2, -0.15) is 0 Å². The van der Waals surface area contributed by atoms with Gasteiger partial charge in [0.2, 0.25) is 5.91 Å². The molecule has 130 valence electrons. The Bertz CT molecular complexity index is 647. The molecule has 0 fully saturated rings. The highest BCUT2D eigenvalue weighted by molar-refractivity contribution is 5.96. The van der Waals surface area contributed by atoms with Crippen LogP contribution in [0.5, 0.6) is 0 Å². The largest absolute Gasteiger partial charge is 0.343 e. The highest BCUT2D eigenvalue weighted by atomic mass is 18.2. The van der Waals surface area contributed by atoms with Gasteiger partial charge in [0.15, 0.2) is 0 Å². The van der Waals surface area contributed by atoms with E-state index in [2.05, 4.69) is 19.1 Å². The molecule has 2 aliphatic rings. The fraction of sp³-hybridized carbons (Fsp3) is 0.571. The van der Waals surface area contributed by atoms with E-state index in [4.69, 9.17) is 0 Å². The molecule has 24 heavy (non-hydrogen) atoms. The Morgan fingerprint density at radius 2 is 1.96 bits per heavy atom. The predicted molar refractivity (Wildman–Crippen MR) is 96.5 cm³/mol. The van der Waals surface area contributed by atoms with Crippen molar-refractivity contribution in [3.8, 4) is 0 Å². The quantitative estimate of drug-likeness (QED) is 0.759. The van der Waals surface area contributed by atoms with Crippen LogP contribution in [0.15, 0.2) is 29.8 Å². The second-order valence-corrected chi connectivity index (χ2v) is 7.16. The van der Waals surface area contributed by atoms with E-state index < -0.39 is 0 Å². The number of fused-ring (bicyclic) bond motifs is 2. The molecule has 0 aliphatic heterocycles. The van der Waals surface area contributed by atoms with Gasteiger partial charge in [-0.1, -0.05) is 36.8 Å². The maximum atomic E-state index is 13.2. The van der Waals surface area contributed by atoms with E-state index in [-0.39, 0.29) is 24.4 Å². The number of rotatable bonds is 5. The van der Waals surface area contributed by atoms with Crippen LogP contribution in [-0.2, 0) is 4.79 Å². The zero-order chi connectivity index (χ0) is 17.3. The van der Waals surface area contributed by atoms with E-state index >= 15 is 0 Å². The van der Waals surface area contributed by atoms with Crippen molar-refractivity contribution in [3.63, 3.8) is 0 Å². The van der Waals surface area contributed by atoms with Gasteiger partial charge >= 0.3 is 0 Å². The smallest absolute Gasteiger partial charge is 0.230 e. The summed E-state index contributed by atoms with van der Waals surface area (Å²) >= 11 is 0. The molecule has 0 saturated carbocycles. The van der Waals surface area contributed by atoms with Crippen LogP contribution < -0.4 is 0 Å². The van der Waals surface area contributed by atoms with Gasteiger partial charge in [-0.25, -0.2) is 0 Å². The van der Waals surface area contributed by atoms with Crippen LogP contribution in [0.3, 0.4) is 0 Å². The van der Waals surface area contributed by atoms with Gasteiger partial charge < -0.3 is 4.90 Å². The summed E-state index contributed by atoms with van der Waals surface area (Å²) in [6.45, 7) is 7.49. The van der Waals surface area contributed by atoms with Crippen molar-refractivity contribution in [3.05, 3.63) is 41.0 Å². The summed E-state index contributed by atoms with van der Waals surface area (Å²) in [6.07, 6.45) is 2.44. The molecule has 1 aromatic rings. The number of carbonyl (C=O) groups excluding carboxylic acids is 1. The third kappa shape index (κ3) is 2.78. The summed E-state index contributed by atoms with van der Waals surface area (Å²) in [7, 11) is 0. The second kappa shape index (κ2) is 7.08. The third-order valence-corrected chi connectivity index (χ3v) is 5.72. The fourth-order valence-electron chi connectivity index (χ4n) is 4.66. The Kier molecular flexibility index (Phi) is 5.07. The molecule has 0 aromatic heterocycles. The van der Waals surface area contributed by atoms with Gasteiger partial charge in [-0.15, -0.1) is 0 Å². The van der Waals surface area contributed by atoms with E-state index in [0.29, 0.717) is 12.3 Å². The molecule has 0 heterocycles. The number of allylic oxidation sites excluding steroid dienone is 1. The van der Waals surface area contributed by atoms with Crippen LogP contribution in [0, 0.1) is 11.8 Å². The van der Waals surface area contributed by atoms with Crippen LogP contribution in [0.25, 0.3) is 5.57 Å². The monoisotopic (exact) mass is 328 g/mol. The summed E-state index contributed by atoms with van der Waals surface area (Å²) < 4.78 is 13.2. The molecule has 0 spiro atoms. The standard InChI is InChI=1S/C21H28FNO/c1-4-23(5-2)21(24)19-13-14(3)12-18-16(10-11-22)15-8-6-7-9-17(15)20(18)19/h6-9,14,16,19H,4-5,10-13H2,1-3H3/i22-1. The predicted octanol–water partition coefficient (Wildman–Crippen LogP) is 4.81. The summed E-state index contributed by atoms with van der Waals surface area (Å²) in [6, 6.07) is 8.32. The number of hydrogen-bond acceptors (Lipinski definition) is 1. The van der Waals surface area contributed by atoms with Crippen molar-refractivity contribution < 1.29 is 9.18 Å². The SMILES string of the molecule is CCN(CC)C(=O)C1CC(C)CC2=C1c1ccccc1C2CC[18F]. The normalized spacial score (nSPS) is 25.4. The molecule has 2 nitrogen and oxygen atoms in total. The zero-order valence-electron chi connectivity index (χ0n) is 15.0. The molecule has 0 N–H and O–H groups in total. The number of carbonyl (C=O) groups is 1. The number of hydrogen-bond donors (Lipinski definition) is 0. The molecule has 1 amide bonds. The number of benzene rings is 1. The number of alkyl halides is 1. The third-order valence-electron chi connectivity index (χ3n) is 5.72. The van der Waals surface area contributed by atoms with Crippen molar-refractivity contribution in [1.82, 2.24) is 4.90 Å². The molecule has 3 unspecified atom stereocenters. The van der Waals surface area contributed by atoms with Gasteiger partial charge in [0, 0.05) is 19.0 Å². The molecule has 0 radical (unpaired) electrons. The number of amides is 1. The van der Waals surface area contributed by atoms with Crippen LogP contribution in [0.1, 0.15) is 57.1 Å². The van der Waals surface area contributed by atoms with Gasteiger partial charge in [0.1, 0.15) is 0 Å². The first-order valence-corrected chi connectivity index (χ1v) is 9.29. The first-order valence-electron chi connectivity index (χ1n) is 9.29. The van der Waals surface area contributed by atoms with Crippen LogP contribution >= 0.6 is 0 Å². The van der Waals surface area contributed by atoms with E-state index in [9.17, 15) is 9.18 Å². The summed E-state index contributed by atoms with van der Waals surface area (Å²) in [5.74, 6) is 0.824. The lowest BCUT2D eigenvalue weighted by molar-refractivity contribution is -0.133. The van der Waals surface area contributed by atoms with Gasteiger partial charge in [-0.3, -0.25) is 9.18 Å². The fourth-order valence-corrected chi connectivity index (χ4v) is 4.66. The Morgan fingerprint density at radius 3 is 2.62 bits per heavy atom. The number of nitrogens with zero attached hydrogens (tertiary/aromatic N) is 1. The highest BCUT2D eigenvalue weighted by Crippen LogP contribution is 2.53. The van der Waals surface area contributed by atoms with E-state index in [1.807, 2.05) is 30.9 Å². The molecule has 2 aliphatic carbocycles. The minimum Gasteiger partial charge on any atom is -0.343 e. The topological polar surface area (TPSA) is 20.3 Å². The Labute approximate surface area is 144 Å². The van der Waals surface area contributed by atoms with Crippen molar-refractivity contribution in [1.29, 1.82) is 0 Å². The molecule has 0 saturated heterocycles. The summed E-state index contributed by atoms with van der Waals surface area (Å²) in [4.78, 5) is 15.1. The van der Waals surface area contributed by atoms with Crippen molar-refractivity contribution in [2.75, 3.05) is 19.8 Å². The van der Waals surface area contributed by atoms with E-state index in [1.165, 1.54) is 22.3 Å². The maximum Gasteiger partial charge on any atom is 0.230 e. The molecule has 0 bridgehead atoms. The first-order chi connectivity index (χ1) is 11.6. The molecule has 3 atom stereocenters. The lowest BCUT2D eigenvalue weighted by atomic mass is 9.75. The van der Waals surface area contributed by atoms with Crippen molar-refractivity contribution in [2.24, 2.45) is 11.8 Å². The molecular weight excluding hydrogens is 300 g/mol. The second-order valence-electron chi connectivity index (χ2n) is 7.16. The average Bonchev–Trinajstić information content (AvgIpc) is 2.89. The zero-order valence-corrected chi connectivity index (χ0v) is 15.0. The Balaban J connectivity index is 2.07. The lowest BCUT2D eigenvalue weighted by Crippen LogP contribution is -2.38. The Hall–Kier alpha value is -1.64. The van der Waals surface area contributed by atoms with Crippen LogP contribution in [0.4, 0.5) is 4.39 Å². The summed E-state index contributed by atoms with van der Waals surface area (Å²) in [5, 5.41) is 0. The van der Waals surface area contributed by atoms with Gasteiger partial charge in [-0.05, 0) is 55.7 Å². The van der Waals surface area contributed by atoms with E-state index in [0.717, 1.165) is 25.9 Å². The average molecular weight is 328 g/mol. The minimum absolute atomic E-state index is 0.0607. The lowest BCUT2D eigenvalue weighted by Gasteiger charge is -2.33. The highest BCUT2D eigenvalue weighted by Gasteiger charge is 2.41. The molecule has 3 rings (SSSR count). The van der Waals surface area contributed by atoms with Crippen LogP contribution in [-0.4, -0.2) is 30.6 Å². The number of halogens is 1. The first kappa shape index (κ1) is 17.2. The molecular formula is C21H28FNO. The van der Waals surface area contributed by atoms with Crippen molar-refractivity contribution in [2.45, 2.75) is 46.0 Å². The maximum absolute atomic E-state index is 13.2. The summed E-state index contributed by atoms with van der Waals surface area (Å²) in [5.41, 5.74) is 4.98. The molecule has 3 heteroatoms.